The second-order valence-corrected chi connectivity index (χ2v) is 8.65. The van der Waals surface area contributed by atoms with Gasteiger partial charge in [-0.05, 0) is 74.9 Å². The molecule has 1 N–H and O–H groups in total. The van der Waals surface area contributed by atoms with Crippen molar-refractivity contribution < 1.29 is 14.3 Å². The summed E-state index contributed by atoms with van der Waals surface area (Å²) in [5.41, 5.74) is 2.56. The lowest BCUT2D eigenvalue weighted by Crippen LogP contribution is -2.48. The molecule has 6 nitrogen and oxygen atoms in total. The molecule has 6 heteroatoms. The fourth-order valence-electron chi connectivity index (χ4n) is 5.49. The van der Waals surface area contributed by atoms with Gasteiger partial charge in [0.2, 0.25) is 5.91 Å². The minimum absolute atomic E-state index is 0.0851. The Kier molecular flexibility index (Phi) is 5.22. The van der Waals surface area contributed by atoms with Crippen LogP contribution in [0.5, 0.6) is 5.75 Å². The molecule has 3 aliphatic rings. The molecule has 1 amide bonds. The predicted octanol–water partition coefficient (Wildman–Crippen LogP) is 3.14. The van der Waals surface area contributed by atoms with Crippen LogP contribution in [-0.4, -0.2) is 72.7 Å². The van der Waals surface area contributed by atoms with E-state index < -0.39 is 0 Å². The number of hydrogen-bond donors (Lipinski definition) is 1. The van der Waals surface area contributed by atoms with E-state index in [1.807, 2.05) is 6.07 Å². The molecule has 5 rings (SSSR count). The van der Waals surface area contributed by atoms with Gasteiger partial charge in [0.1, 0.15) is 5.75 Å². The van der Waals surface area contributed by atoms with E-state index in [9.17, 15) is 4.79 Å². The summed E-state index contributed by atoms with van der Waals surface area (Å²) in [6, 6.07) is 6.71. The first-order chi connectivity index (χ1) is 14.2. The summed E-state index contributed by atoms with van der Waals surface area (Å²) in [5, 5.41) is 1.27. The van der Waals surface area contributed by atoms with Crippen molar-refractivity contribution >= 4 is 16.8 Å². The van der Waals surface area contributed by atoms with E-state index in [2.05, 4.69) is 33.1 Å². The maximum Gasteiger partial charge on any atom is 0.240 e. The summed E-state index contributed by atoms with van der Waals surface area (Å²) in [5.74, 6) is 1.79. The number of nitrogens with one attached hydrogen (secondary N) is 1. The Bertz CT molecular complexity index is 865. The zero-order valence-corrected chi connectivity index (χ0v) is 17.2. The number of amides is 1. The largest absolute Gasteiger partial charge is 0.497 e. The highest BCUT2D eigenvalue weighted by Gasteiger charge is 2.40. The third-order valence-electron chi connectivity index (χ3n) is 7.17. The lowest BCUT2D eigenvalue weighted by Gasteiger charge is -2.36. The van der Waals surface area contributed by atoms with E-state index in [1.165, 1.54) is 16.5 Å². The molecule has 1 aromatic heterocycles. The zero-order valence-electron chi connectivity index (χ0n) is 17.2. The molecular formula is C23H31N3O3. The van der Waals surface area contributed by atoms with Gasteiger partial charge in [-0.25, -0.2) is 0 Å². The monoisotopic (exact) mass is 397 g/mol. The van der Waals surface area contributed by atoms with Crippen LogP contribution in [0.4, 0.5) is 0 Å². The number of benzene rings is 1. The van der Waals surface area contributed by atoms with Crippen molar-refractivity contribution in [3.05, 3.63) is 30.0 Å². The molecule has 3 aliphatic heterocycles. The molecular weight excluding hydrogens is 366 g/mol. The molecule has 1 atom stereocenters. The molecule has 1 unspecified atom stereocenters. The Morgan fingerprint density at radius 3 is 2.62 bits per heavy atom. The summed E-state index contributed by atoms with van der Waals surface area (Å²) in [6.45, 7) is 4.49. The van der Waals surface area contributed by atoms with Crippen LogP contribution in [-0.2, 0) is 9.53 Å². The summed E-state index contributed by atoms with van der Waals surface area (Å²) in [4.78, 5) is 21.1. The molecule has 0 bridgehead atoms. The Morgan fingerprint density at radius 1 is 1.07 bits per heavy atom. The fraction of sp³-hybridized carbons (Fsp3) is 0.609. The first kappa shape index (κ1) is 18.9. The first-order valence-electron chi connectivity index (χ1n) is 11.0. The summed E-state index contributed by atoms with van der Waals surface area (Å²) >= 11 is 0. The third kappa shape index (κ3) is 3.53. The van der Waals surface area contributed by atoms with Crippen LogP contribution in [0.1, 0.15) is 43.6 Å². The second kappa shape index (κ2) is 8.00. The predicted molar refractivity (Wildman–Crippen MR) is 112 cm³/mol. The smallest absolute Gasteiger partial charge is 0.240 e. The van der Waals surface area contributed by atoms with E-state index in [1.54, 1.807) is 7.11 Å². The van der Waals surface area contributed by atoms with Crippen molar-refractivity contribution in [2.75, 3.05) is 40.0 Å². The lowest BCUT2D eigenvalue weighted by molar-refractivity contribution is -0.136. The molecule has 0 aliphatic carbocycles. The van der Waals surface area contributed by atoms with Gasteiger partial charge >= 0.3 is 0 Å². The highest BCUT2D eigenvalue weighted by Crippen LogP contribution is 2.36. The van der Waals surface area contributed by atoms with Crippen LogP contribution in [0.3, 0.4) is 0 Å². The lowest BCUT2D eigenvalue weighted by atomic mass is 9.88. The van der Waals surface area contributed by atoms with Gasteiger partial charge in [0.15, 0.2) is 0 Å². The van der Waals surface area contributed by atoms with Gasteiger partial charge in [-0.15, -0.1) is 0 Å². The van der Waals surface area contributed by atoms with Gasteiger partial charge in [0, 0.05) is 42.9 Å². The number of carbonyl (C=O) groups is 1. The van der Waals surface area contributed by atoms with E-state index >= 15 is 0 Å². The topological polar surface area (TPSA) is 57.8 Å². The van der Waals surface area contributed by atoms with Crippen molar-refractivity contribution in [3.63, 3.8) is 0 Å². The fourth-order valence-corrected chi connectivity index (χ4v) is 5.49. The number of piperidine rings is 1. The van der Waals surface area contributed by atoms with Crippen LogP contribution in [0.15, 0.2) is 24.4 Å². The minimum Gasteiger partial charge on any atom is -0.497 e. The Hall–Kier alpha value is -2.05. The number of hydrogen-bond acceptors (Lipinski definition) is 4. The van der Waals surface area contributed by atoms with Crippen LogP contribution in [0.25, 0.3) is 10.9 Å². The van der Waals surface area contributed by atoms with Gasteiger partial charge in [-0.2, -0.15) is 0 Å². The first-order valence-corrected chi connectivity index (χ1v) is 11.0. The van der Waals surface area contributed by atoms with Crippen molar-refractivity contribution in [3.8, 4) is 5.75 Å². The number of rotatable bonds is 4. The van der Waals surface area contributed by atoms with Gasteiger partial charge < -0.3 is 19.4 Å². The summed E-state index contributed by atoms with van der Waals surface area (Å²) in [7, 11) is 1.72. The molecule has 156 valence electrons. The molecule has 3 fully saturated rings. The number of fused-ring (bicyclic) bond motifs is 1. The Balaban J connectivity index is 1.23. The number of ether oxygens (including phenoxy) is 2. The molecule has 3 saturated heterocycles. The number of aromatic amines is 1. The standard InChI is InChI=1S/C23H31N3O3/c1-28-18-2-3-21-19(14-18)20(15-24-21)16-4-9-25(10-5-16)22-6-11-26(23(22)27)17-7-12-29-13-8-17/h2-3,14-17,22,24H,4-13H2,1H3. The van der Waals surface area contributed by atoms with Crippen LogP contribution < -0.4 is 4.74 Å². The number of H-pyrrole nitrogens is 1. The van der Waals surface area contributed by atoms with Crippen molar-refractivity contribution in [2.45, 2.75) is 50.1 Å². The van der Waals surface area contributed by atoms with Gasteiger partial charge in [0.25, 0.3) is 0 Å². The molecule has 1 aromatic carbocycles. The molecule has 0 spiro atoms. The quantitative estimate of drug-likeness (QED) is 0.861. The number of methoxy groups -OCH3 is 1. The van der Waals surface area contributed by atoms with E-state index in [4.69, 9.17) is 9.47 Å². The molecule has 29 heavy (non-hydrogen) atoms. The average Bonchev–Trinajstić information content (AvgIpc) is 3.37. The second-order valence-electron chi connectivity index (χ2n) is 8.65. The summed E-state index contributed by atoms with van der Waals surface area (Å²) < 4.78 is 10.9. The van der Waals surface area contributed by atoms with E-state index in [0.717, 1.165) is 70.7 Å². The molecule has 0 radical (unpaired) electrons. The maximum atomic E-state index is 13.1. The van der Waals surface area contributed by atoms with Gasteiger partial charge in [-0.3, -0.25) is 9.69 Å². The highest BCUT2D eigenvalue weighted by molar-refractivity contribution is 5.85. The van der Waals surface area contributed by atoms with Gasteiger partial charge in [0.05, 0.1) is 13.2 Å². The van der Waals surface area contributed by atoms with Crippen LogP contribution in [0.2, 0.25) is 0 Å². The normalized spacial score (nSPS) is 25.2. The van der Waals surface area contributed by atoms with Crippen LogP contribution >= 0.6 is 0 Å². The minimum atomic E-state index is 0.0851. The number of aromatic nitrogens is 1. The SMILES string of the molecule is COc1ccc2[nH]cc(C3CCN(C4CCN(C5CCOCC5)C4=O)CC3)c2c1. The molecule has 2 aromatic rings. The van der Waals surface area contributed by atoms with E-state index in [0.29, 0.717) is 17.9 Å². The number of likely N-dealkylation sites (tertiary alicyclic amines) is 2. The molecule has 4 heterocycles. The highest BCUT2D eigenvalue weighted by atomic mass is 16.5. The van der Waals surface area contributed by atoms with Gasteiger partial charge in [-0.1, -0.05) is 0 Å². The number of nitrogens with zero attached hydrogens (tertiary/aromatic N) is 2. The van der Waals surface area contributed by atoms with Crippen LogP contribution in [0, 0.1) is 0 Å². The van der Waals surface area contributed by atoms with E-state index in [-0.39, 0.29) is 6.04 Å². The summed E-state index contributed by atoms with van der Waals surface area (Å²) in [6.07, 6.45) is 7.33. The average molecular weight is 398 g/mol. The third-order valence-corrected chi connectivity index (χ3v) is 7.17. The zero-order chi connectivity index (χ0) is 19.8. The van der Waals surface area contributed by atoms with Crippen molar-refractivity contribution in [2.24, 2.45) is 0 Å². The Labute approximate surface area is 172 Å². The maximum absolute atomic E-state index is 13.1. The number of carbonyl (C=O) groups excluding carboxylic acids is 1. The van der Waals surface area contributed by atoms with Crippen molar-refractivity contribution in [1.29, 1.82) is 0 Å². The molecule has 0 saturated carbocycles. The van der Waals surface area contributed by atoms with Crippen molar-refractivity contribution in [1.82, 2.24) is 14.8 Å². The Morgan fingerprint density at radius 2 is 1.86 bits per heavy atom.